The van der Waals surface area contributed by atoms with E-state index in [4.69, 9.17) is 0 Å². The van der Waals surface area contributed by atoms with Gasteiger partial charge >= 0.3 is 0 Å². The zero-order chi connectivity index (χ0) is 14.3. The molecule has 0 aliphatic carbocycles. The minimum Gasteiger partial charge on any atom is -0.351 e. The van der Waals surface area contributed by atoms with Gasteiger partial charge < -0.3 is 10.6 Å². The van der Waals surface area contributed by atoms with E-state index < -0.39 is 0 Å². The van der Waals surface area contributed by atoms with Crippen molar-refractivity contribution in [2.24, 2.45) is 13.0 Å². The lowest BCUT2D eigenvalue weighted by Crippen LogP contribution is -2.48. The van der Waals surface area contributed by atoms with Gasteiger partial charge in [0, 0.05) is 38.0 Å². The van der Waals surface area contributed by atoms with E-state index >= 15 is 0 Å². The van der Waals surface area contributed by atoms with E-state index in [0.29, 0.717) is 11.8 Å². The maximum absolute atomic E-state index is 12.2. The van der Waals surface area contributed by atoms with Crippen LogP contribution in [0, 0.1) is 5.92 Å². The lowest BCUT2D eigenvalue weighted by molar-refractivity contribution is 0.0946. The average Bonchev–Trinajstić information content (AvgIpc) is 2.88. The molecule has 0 unspecified atom stereocenters. The number of aromatic nitrogens is 2. The molecule has 1 amide bonds. The van der Waals surface area contributed by atoms with Gasteiger partial charge in [-0.2, -0.15) is 5.10 Å². The van der Waals surface area contributed by atoms with Crippen LogP contribution < -0.4 is 10.6 Å². The maximum Gasteiger partial charge on any atom is 0.261 e. The number of rotatable bonds is 4. The predicted molar refractivity (Wildman–Crippen MR) is 88.6 cm³/mol. The Bertz CT molecular complexity index is 645. The minimum atomic E-state index is 0. The Morgan fingerprint density at radius 3 is 2.86 bits per heavy atom. The number of hydrogen-bond acceptors (Lipinski definition) is 4. The van der Waals surface area contributed by atoms with Crippen LogP contribution in [0.2, 0.25) is 0 Å². The summed E-state index contributed by atoms with van der Waals surface area (Å²) in [7, 11) is 1.94. The number of carbonyl (C=O) groups excluding carboxylic acids is 1. The van der Waals surface area contributed by atoms with Gasteiger partial charge in [-0.25, -0.2) is 0 Å². The molecule has 0 saturated carbocycles. The summed E-state index contributed by atoms with van der Waals surface area (Å²) in [6.07, 6.45) is 0. The van der Waals surface area contributed by atoms with Crippen LogP contribution in [0.15, 0.2) is 6.07 Å². The highest BCUT2D eigenvalue weighted by atomic mass is 35.5. The van der Waals surface area contributed by atoms with E-state index in [1.807, 2.05) is 17.8 Å². The highest BCUT2D eigenvalue weighted by Crippen LogP contribution is 2.31. The van der Waals surface area contributed by atoms with Crippen LogP contribution in [-0.2, 0) is 7.05 Å². The zero-order valence-electron chi connectivity index (χ0n) is 12.5. The summed E-state index contributed by atoms with van der Waals surface area (Å²) in [5, 5.41) is 11.9. The first-order valence-corrected chi connectivity index (χ1v) is 7.83. The first kappa shape index (κ1) is 16.3. The van der Waals surface area contributed by atoms with E-state index in [9.17, 15) is 4.79 Å². The molecule has 0 spiro atoms. The third kappa shape index (κ3) is 3.07. The third-order valence-corrected chi connectivity index (χ3v) is 4.93. The maximum atomic E-state index is 12.2. The number of carbonyl (C=O) groups is 1. The van der Waals surface area contributed by atoms with Crippen molar-refractivity contribution in [1.82, 2.24) is 20.4 Å². The molecule has 5 nitrogen and oxygen atoms in total. The predicted octanol–water partition coefficient (Wildman–Crippen LogP) is 2.13. The molecule has 3 rings (SSSR count). The van der Waals surface area contributed by atoms with E-state index in [1.165, 1.54) is 11.3 Å². The molecule has 2 N–H and O–H groups in total. The van der Waals surface area contributed by atoms with Crippen LogP contribution in [0.1, 0.15) is 35.1 Å². The first-order chi connectivity index (χ1) is 9.56. The van der Waals surface area contributed by atoms with Crippen LogP contribution in [0.4, 0.5) is 0 Å². The molecule has 1 aliphatic rings. The van der Waals surface area contributed by atoms with E-state index in [1.54, 1.807) is 0 Å². The van der Waals surface area contributed by atoms with Crippen molar-refractivity contribution in [3.8, 4) is 0 Å². The highest BCUT2D eigenvalue weighted by Gasteiger charge is 2.20. The summed E-state index contributed by atoms with van der Waals surface area (Å²) in [6, 6.07) is 1.98. The molecular weight excluding hydrogens is 308 g/mol. The number of amides is 1. The molecule has 1 fully saturated rings. The molecule has 0 radical (unpaired) electrons. The Hall–Kier alpha value is -1.11. The van der Waals surface area contributed by atoms with Crippen LogP contribution in [0.3, 0.4) is 0 Å². The normalized spacial score (nSPS) is 15.0. The van der Waals surface area contributed by atoms with Gasteiger partial charge in [-0.3, -0.25) is 9.48 Å². The Kier molecular flexibility index (Phi) is 4.91. The van der Waals surface area contributed by atoms with Crippen molar-refractivity contribution in [1.29, 1.82) is 0 Å². The molecule has 2 aromatic rings. The van der Waals surface area contributed by atoms with E-state index in [-0.39, 0.29) is 18.3 Å². The van der Waals surface area contributed by atoms with Gasteiger partial charge in [-0.15, -0.1) is 23.7 Å². The number of fused-ring (bicyclic) bond motifs is 1. The zero-order valence-corrected chi connectivity index (χ0v) is 14.1. The molecule has 0 aromatic carbocycles. The summed E-state index contributed by atoms with van der Waals surface area (Å²) >= 11 is 1.52. The number of hydrogen-bond donors (Lipinski definition) is 2. The van der Waals surface area contributed by atoms with Gasteiger partial charge in [0.2, 0.25) is 0 Å². The summed E-state index contributed by atoms with van der Waals surface area (Å²) in [5.41, 5.74) is 1.07. The van der Waals surface area contributed by atoms with Gasteiger partial charge in [0.1, 0.15) is 4.83 Å². The molecule has 7 heteroatoms. The molecule has 1 saturated heterocycles. The summed E-state index contributed by atoms with van der Waals surface area (Å²) < 4.78 is 1.88. The standard InChI is InChI=1S/C14H20N4OS.ClH/c1-8(2)12-10-4-11(20-14(10)18(3)17-12)13(19)16-7-9-5-15-6-9;/h4,8-9,15H,5-7H2,1-3H3,(H,16,19);1H. The largest absolute Gasteiger partial charge is 0.351 e. The summed E-state index contributed by atoms with van der Waals surface area (Å²) in [5.74, 6) is 0.985. The topological polar surface area (TPSA) is 59.0 Å². The summed E-state index contributed by atoms with van der Waals surface area (Å²) in [6.45, 7) is 7.03. The fraction of sp³-hybridized carbons (Fsp3) is 0.571. The molecular formula is C14H21ClN4OS. The number of halogens is 1. The molecule has 2 aromatic heterocycles. The number of aryl methyl sites for hydroxylation is 1. The van der Waals surface area contributed by atoms with Gasteiger partial charge in [0.15, 0.2) is 0 Å². The Balaban J connectivity index is 0.00000161. The van der Waals surface area contributed by atoms with Gasteiger partial charge in [-0.1, -0.05) is 13.8 Å². The third-order valence-electron chi connectivity index (χ3n) is 3.73. The van der Waals surface area contributed by atoms with Crippen molar-refractivity contribution in [2.45, 2.75) is 19.8 Å². The van der Waals surface area contributed by atoms with Gasteiger partial charge in [-0.05, 0) is 12.0 Å². The van der Waals surface area contributed by atoms with Crippen molar-refractivity contribution in [3.63, 3.8) is 0 Å². The Morgan fingerprint density at radius 1 is 1.57 bits per heavy atom. The highest BCUT2D eigenvalue weighted by molar-refractivity contribution is 7.20. The second kappa shape index (κ2) is 6.34. The summed E-state index contributed by atoms with van der Waals surface area (Å²) in [4.78, 5) is 14.1. The lowest BCUT2D eigenvalue weighted by atomic mass is 10.0. The van der Waals surface area contributed by atoms with Gasteiger partial charge in [0.05, 0.1) is 10.6 Å². The fourth-order valence-electron chi connectivity index (χ4n) is 2.42. The monoisotopic (exact) mass is 328 g/mol. The quantitative estimate of drug-likeness (QED) is 0.904. The van der Waals surface area contributed by atoms with Crippen molar-refractivity contribution < 1.29 is 4.79 Å². The van der Waals surface area contributed by atoms with Crippen LogP contribution in [-0.4, -0.2) is 35.3 Å². The Morgan fingerprint density at radius 2 is 2.29 bits per heavy atom. The average molecular weight is 329 g/mol. The van der Waals surface area contributed by atoms with Crippen molar-refractivity contribution in [3.05, 3.63) is 16.6 Å². The second-order valence-electron chi connectivity index (χ2n) is 5.73. The molecule has 116 valence electrons. The smallest absolute Gasteiger partial charge is 0.261 e. The fourth-order valence-corrected chi connectivity index (χ4v) is 3.42. The Labute approximate surface area is 134 Å². The second-order valence-corrected chi connectivity index (χ2v) is 6.76. The molecule has 1 aliphatic heterocycles. The minimum absolute atomic E-state index is 0. The van der Waals surface area contributed by atoms with E-state index in [2.05, 4.69) is 29.6 Å². The van der Waals surface area contributed by atoms with Crippen molar-refractivity contribution in [2.75, 3.05) is 19.6 Å². The molecule has 21 heavy (non-hydrogen) atoms. The van der Waals surface area contributed by atoms with Crippen LogP contribution in [0.25, 0.3) is 10.2 Å². The number of nitrogens with one attached hydrogen (secondary N) is 2. The molecule has 3 heterocycles. The number of nitrogens with zero attached hydrogens (tertiary/aromatic N) is 2. The van der Waals surface area contributed by atoms with Crippen LogP contribution >= 0.6 is 23.7 Å². The molecule has 0 atom stereocenters. The lowest BCUT2D eigenvalue weighted by Gasteiger charge is -2.26. The van der Waals surface area contributed by atoms with Gasteiger partial charge in [0.25, 0.3) is 5.91 Å². The molecule has 0 bridgehead atoms. The number of thiophene rings is 1. The van der Waals surface area contributed by atoms with Crippen LogP contribution in [0.5, 0.6) is 0 Å². The van der Waals surface area contributed by atoms with Crippen molar-refractivity contribution >= 4 is 39.9 Å². The first-order valence-electron chi connectivity index (χ1n) is 7.01. The van der Waals surface area contributed by atoms with E-state index in [0.717, 1.165) is 40.4 Å². The SMILES string of the molecule is CC(C)c1nn(C)c2sc(C(=O)NCC3CNC3)cc12.Cl.